The lowest BCUT2D eigenvalue weighted by Gasteiger charge is -2.21. The monoisotopic (exact) mass is 148 g/mol. The van der Waals surface area contributed by atoms with Gasteiger partial charge in [0.15, 0.2) is 0 Å². The Hall–Kier alpha value is -0.770. The zero-order valence-corrected chi connectivity index (χ0v) is 6.81. The normalized spacial score (nSPS) is 9.90. The molecule has 0 aromatic carbocycles. The smallest absolute Gasteiger partial charge is 0.405 e. The fraction of sp³-hybridized carbons (Fsp3) is 0.833. The number of primary amides is 1. The van der Waals surface area contributed by atoms with Crippen LogP contribution in [0.4, 0.5) is 4.79 Å². The highest BCUT2D eigenvalue weighted by Crippen LogP contribution is 2.12. The van der Waals surface area contributed by atoms with E-state index in [4.69, 9.17) is 10.5 Å². The van der Waals surface area contributed by atoms with Gasteiger partial charge in [0, 0.05) is 0 Å². The van der Waals surface area contributed by atoms with Gasteiger partial charge in [-0.25, -0.2) is 4.79 Å². The van der Waals surface area contributed by atoms with Gasteiger partial charge in [-0.2, -0.15) is 0 Å². The first-order valence-electron chi connectivity index (χ1n) is 2.96. The predicted octanol–water partition coefficient (Wildman–Crippen LogP) is 1.43. The van der Waals surface area contributed by atoms with Gasteiger partial charge in [0.25, 0.3) is 0 Å². The molecule has 0 aromatic heterocycles. The maximum Gasteiger partial charge on any atom is 0.405 e. The van der Waals surface area contributed by atoms with Crippen LogP contribution in [-0.4, -0.2) is 11.7 Å². The molecule has 0 rings (SSSR count). The molecule has 4 nitrogen and oxygen atoms in total. The third-order valence-electron chi connectivity index (χ3n) is 1.23. The van der Waals surface area contributed by atoms with Gasteiger partial charge in [-0.15, -0.1) is 0 Å². The van der Waals surface area contributed by atoms with Gasteiger partial charge in [0.05, 0.1) is 0 Å². The highest BCUT2D eigenvalue weighted by Gasteiger charge is 2.17. The molecular formula is C6H16N2O2. The van der Waals surface area contributed by atoms with E-state index in [2.05, 4.69) is 0 Å². The van der Waals surface area contributed by atoms with Gasteiger partial charge < -0.3 is 16.6 Å². The molecule has 0 radical (unpaired) electrons. The van der Waals surface area contributed by atoms with Gasteiger partial charge in [0.1, 0.15) is 5.60 Å². The molecule has 1 amide bonds. The van der Waals surface area contributed by atoms with Crippen LogP contribution < -0.4 is 11.9 Å². The number of nitrogens with two attached hydrogens (primary N) is 1. The topological polar surface area (TPSA) is 87.3 Å². The maximum absolute atomic E-state index is 10.2. The van der Waals surface area contributed by atoms with E-state index in [9.17, 15) is 4.79 Å². The molecule has 0 heterocycles. The zero-order chi connectivity index (χ0) is 7.49. The summed E-state index contributed by atoms with van der Waals surface area (Å²) in [5.41, 5.74) is 4.38. The average Bonchev–Trinajstić information content (AvgIpc) is 1.63. The van der Waals surface area contributed by atoms with Gasteiger partial charge in [0.2, 0.25) is 0 Å². The highest BCUT2D eigenvalue weighted by atomic mass is 16.6. The van der Waals surface area contributed by atoms with E-state index in [1.165, 1.54) is 0 Å². The number of hydrogen-bond donors (Lipinski definition) is 2. The van der Waals surface area contributed by atoms with Gasteiger partial charge >= 0.3 is 6.09 Å². The zero-order valence-electron chi connectivity index (χ0n) is 6.81. The lowest BCUT2D eigenvalue weighted by molar-refractivity contribution is 0.0429. The van der Waals surface area contributed by atoms with Crippen LogP contribution in [-0.2, 0) is 4.74 Å². The van der Waals surface area contributed by atoms with Crippen molar-refractivity contribution in [1.29, 1.82) is 0 Å². The lowest BCUT2D eigenvalue weighted by atomic mass is 10.1. The van der Waals surface area contributed by atoms with Crippen LogP contribution in [0.1, 0.15) is 27.2 Å². The molecule has 0 atom stereocenters. The maximum atomic E-state index is 10.2. The number of carbonyl (C=O) groups excluding carboxylic acids is 1. The molecular weight excluding hydrogens is 132 g/mol. The number of amides is 1. The van der Waals surface area contributed by atoms with Crippen LogP contribution in [0.5, 0.6) is 0 Å². The molecule has 0 saturated heterocycles. The Morgan fingerprint density at radius 3 is 2.10 bits per heavy atom. The lowest BCUT2D eigenvalue weighted by Crippen LogP contribution is -2.30. The molecule has 0 aliphatic rings. The van der Waals surface area contributed by atoms with E-state index in [1.807, 2.05) is 20.8 Å². The van der Waals surface area contributed by atoms with Crippen molar-refractivity contribution in [3.8, 4) is 0 Å². The SMILES string of the molecule is CCC(C)(C)OC(N)=O.N. The molecule has 5 N–H and O–H groups in total. The first kappa shape index (κ1) is 12.0. The Balaban J connectivity index is 0. The molecule has 0 bridgehead atoms. The second-order valence-corrected chi connectivity index (χ2v) is 2.53. The number of carbonyl (C=O) groups is 1. The standard InChI is InChI=1S/C6H13NO2.H3N/c1-4-6(2,3)9-5(7)8;/h4H2,1-3H3,(H2,7,8);1H3. The summed E-state index contributed by atoms with van der Waals surface area (Å²) in [5.74, 6) is 0. The first-order chi connectivity index (χ1) is 3.98. The largest absolute Gasteiger partial charge is 0.444 e. The molecule has 62 valence electrons. The number of rotatable bonds is 2. The van der Waals surface area contributed by atoms with Crippen LogP contribution in [0.25, 0.3) is 0 Å². The summed E-state index contributed by atoms with van der Waals surface area (Å²) in [6.07, 6.45) is 0.0671. The van der Waals surface area contributed by atoms with Crippen molar-refractivity contribution in [1.82, 2.24) is 6.15 Å². The molecule has 0 aliphatic heterocycles. The second-order valence-electron chi connectivity index (χ2n) is 2.53. The van der Waals surface area contributed by atoms with Gasteiger partial charge in [-0.1, -0.05) is 6.92 Å². The molecule has 4 heteroatoms. The fourth-order valence-electron chi connectivity index (χ4n) is 0.344. The summed E-state index contributed by atoms with van der Waals surface area (Å²) < 4.78 is 4.73. The Labute approximate surface area is 61.3 Å². The summed E-state index contributed by atoms with van der Waals surface area (Å²) in [5, 5.41) is 0. The van der Waals surface area contributed by atoms with E-state index >= 15 is 0 Å². The summed E-state index contributed by atoms with van der Waals surface area (Å²) in [4.78, 5) is 10.2. The molecule has 0 unspecified atom stereocenters. The summed E-state index contributed by atoms with van der Waals surface area (Å²) >= 11 is 0. The van der Waals surface area contributed by atoms with Crippen LogP contribution in [0.2, 0.25) is 0 Å². The molecule has 0 spiro atoms. The third kappa shape index (κ3) is 5.37. The molecule has 0 fully saturated rings. The Bertz CT molecular complexity index is 112. The molecule has 10 heavy (non-hydrogen) atoms. The van der Waals surface area contributed by atoms with E-state index in [1.54, 1.807) is 0 Å². The predicted molar refractivity (Wildman–Crippen MR) is 40.1 cm³/mol. The Morgan fingerprint density at radius 2 is 2.00 bits per heavy atom. The highest BCUT2D eigenvalue weighted by molar-refractivity contribution is 5.65. The van der Waals surface area contributed by atoms with Crippen LogP contribution in [0.15, 0.2) is 0 Å². The second kappa shape index (κ2) is 4.11. The van der Waals surface area contributed by atoms with E-state index < -0.39 is 11.7 Å². The number of ether oxygens (including phenoxy) is 1. The van der Waals surface area contributed by atoms with Gasteiger partial charge in [-0.3, -0.25) is 0 Å². The minimum absolute atomic E-state index is 0. The van der Waals surface area contributed by atoms with Gasteiger partial charge in [-0.05, 0) is 20.3 Å². The van der Waals surface area contributed by atoms with Crippen molar-refractivity contribution >= 4 is 6.09 Å². The minimum atomic E-state index is -0.707. The quantitative estimate of drug-likeness (QED) is 0.621. The molecule has 0 aliphatic carbocycles. The average molecular weight is 148 g/mol. The van der Waals surface area contributed by atoms with Crippen molar-refractivity contribution in [2.24, 2.45) is 5.73 Å². The van der Waals surface area contributed by atoms with E-state index in [-0.39, 0.29) is 6.15 Å². The van der Waals surface area contributed by atoms with Crippen molar-refractivity contribution in [2.45, 2.75) is 32.8 Å². The summed E-state index contributed by atoms with van der Waals surface area (Å²) in [6.45, 7) is 5.57. The Kier molecular flexibility index (Phi) is 4.92. The van der Waals surface area contributed by atoms with Crippen LogP contribution in [0, 0.1) is 0 Å². The van der Waals surface area contributed by atoms with E-state index in [0.717, 1.165) is 6.42 Å². The van der Waals surface area contributed by atoms with Crippen molar-refractivity contribution < 1.29 is 9.53 Å². The summed E-state index contributed by atoms with van der Waals surface area (Å²) in [7, 11) is 0. The number of hydrogen-bond acceptors (Lipinski definition) is 3. The molecule has 0 saturated carbocycles. The Morgan fingerprint density at radius 1 is 1.60 bits per heavy atom. The van der Waals surface area contributed by atoms with Crippen LogP contribution >= 0.6 is 0 Å². The van der Waals surface area contributed by atoms with Crippen molar-refractivity contribution in [3.05, 3.63) is 0 Å². The third-order valence-corrected chi connectivity index (χ3v) is 1.23. The van der Waals surface area contributed by atoms with Crippen molar-refractivity contribution in [2.75, 3.05) is 0 Å². The fourth-order valence-corrected chi connectivity index (χ4v) is 0.344. The first-order valence-corrected chi connectivity index (χ1v) is 2.96. The summed E-state index contributed by atoms with van der Waals surface area (Å²) in [6, 6.07) is 0. The molecule has 0 aromatic rings. The van der Waals surface area contributed by atoms with Crippen molar-refractivity contribution in [3.63, 3.8) is 0 Å². The van der Waals surface area contributed by atoms with E-state index in [0.29, 0.717) is 0 Å². The van der Waals surface area contributed by atoms with Crippen LogP contribution in [0.3, 0.4) is 0 Å². The minimum Gasteiger partial charge on any atom is -0.444 e.